The topological polar surface area (TPSA) is 81.4 Å². The van der Waals surface area contributed by atoms with Gasteiger partial charge in [0.15, 0.2) is 5.16 Å². The van der Waals surface area contributed by atoms with Crippen LogP contribution in [0.5, 0.6) is 0 Å². The van der Waals surface area contributed by atoms with Crippen LogP contribution in [0.3, 0.4) is 0 Å². The van der Waals surface area contributed by atoms with Gasteiger partial charge in [-0.05, 0) is 31.5 Å². The van der Waals surface area contributed by atoms with Crippen molar-refractivity contribution in [3.63, 3.8) is 0 Å². The molecule has 0 atom stereocenters. The number of carboxylic acids is 1. The lowest BCUT2D eigenvalue weighted by Gasteiger charge is -2.29. The minimum atomic E-state index is -0.949. The number of thioether (sulfide) groups is 1. The molecule has 6 nitrogen and oxygen atoms in total. The molecule has 0 saturated carbocycles. The van der Waals surface area contributed by atoms with E-state index in [2.05, 4.69) is 4.98 Å². The van der Waals surface area contributed by atoms with Crippen LogP contribution in [0.1, 0.15) is 24.3 Å². The monoisotopic (exact) mass is 402 g/mol. The van der Waals surface area contributed by atoms with Gasteiger partial charge < -0.3 is 9.84 Å². The lowest BCUT2D eigenvalue weighted by atomic mass is 9.94. The number of rotatable bonds is 4. The molecule has 1 aromatic carbocycles. The van der Waals surface area contributed by atoms with Gasteiger partial charge in [0.1, 0.15) is 4.83 Å². The average Bonchev–Trinajstić information content (AvgIpc) is 2.97. The minimum Gasteiger partial charge on any atom is -0.481 e. The Morgan fingerprint density at radius 1 is 1.37 bits per heavy atom. The van der Waals surface area contributed by atoms with Crippen LogP contribution < -0.4 is 5.56 Å². The number of fused-ring (bicyclic) bond motifs is 3. The summed E-state index contributed by atoms with van der Waals surface area (Å²) in [7, 11) is 0. The van der Waals surface area contributed by atoms with E-state index in [0.717, 1.165) is 22.2 Å². The van der Waals surface area contributed by atoms with Crippen LogP contribution in [0, 0.1) is 0 Å². The molecule has 0 radical (unpaired) electrons. The lowest BCUT2D eigenvalue weighted by Crippen LogP contribution is -2.32. The maximum atomic E-state index is 13.5. The van der Waals surface area contributed by atoms with Crippen molar-refractivity contribution in [3.8, 4) is 5.69 Å². The summed E-state index contributed by atoms with van der Waals surface area (Å²) in [5, 5.41) is 10.1. The molecule has 0 amide bonds. The highest BCUT2D eigenvalue weighted by Crippen LogP contribution is 2.37. The maximum absolute atomic E-state index is 13.5. The molecule has 1 aliphatic rings. The Morgan fingerprint density at radius 2 is 2.11 bits per heavy atom. The number of nitrogens with zero attached hydrogens (tertiary/aromatic N) is 2. The molecule has 0 unspecified atom stereocenters. The Morgan fingerprint density at radius 3 is 2.81 bits per heavy atom. The molecule has 0 aliphatic carbocycles. The van der Waals surface area contributed by atoms with Gasteiger partial charge in [-0.2, -0.15) is 0 Å². The zero-order chi connectivity index (χ0) is 19.2. The van der Waals surface area contributed by atoms with Crippen LogP contribution in [-0.4, -0.2) is 32.0 Å². The quantitative estimate of drug-likeness (QED) is 0.532. The fraction of sp³-hybridized carbons (Fsp3) is 0.316. The second-order valence-electron chi connectivity index (χ2n) is 6.96. The average molecular weight is 402 g/mol. The molecule has 4 rings (SSSR count). The van der Waals surface area contributed by atoms with Crippen molar-refractivity contribution in [1.82, 2.24) is 9.55 Å². The number of hydrogen-bond donors (Lipinski definition) is 1. The number of benzene rings is 1. The summed E-state index contributed by atoms with van der Waals surface area (Å²) < 4.78 is 7.40. The summed E-state index contributed by atoms with van der Waals surface area (Å²) >= 11 is 2.51. The molecule has 0 bridgehead atoms. The molecule has 1 N–H and O–H groups in total. The van der Waals surface area contributed by atoms with Crippen LogP contribution in [0.15, 0.2) is 40.3 Å². The highest BCUT2D eigenvalue weighted by atomic mass is 32.2. The third kappa shape index (κ3) is 3.40. The Hall–Kier alpha value is -2.16. The van der Waals surface area contributed by atoms with E-state index in [0.29, 0.717) is 34.1 Å². The van der Waals surface area contributed by atoms with E-state index >= 15 is 0 Å². The fourth-order valence-electron chi connectivity index (χ4n) is 3.20. The van der Waals surface area contributed by atoms with Crippen molar-refractivity contribution in [2.75, 3.05) is 5.75 Å². The number of ether oxygens (including phenoxy) is 1. The summed E-state index contributed by atoms with van der Waals surface area (Å²) in [4.78, 5) is 30.8. The van der Waals surface area contributed by atoms with Crippen LogP contribution in [0.25, 0.3) is 15.9 Å². The van der Waals surface area contributed by atoms with Crippen molar-refractivity contribution in [2.45, 2.75) is 37.6 Å². The van der Waals surface area contributed by atoms with Crippen molar-refractivity contribution in [1.29, 1.82) is 0 Å². The Kier molecular flexibility index (Phi) is 4.57. The zero-order valence-electron chi connectivity index (χ0n) is 14.9. The number of aromatic nitrogens is 2. The second-order valence-corrected chi connectivity index (χ2v) is 8.99. The molecule has 2 aromatic heterocycles. The summed E-state index contributed by atoms with van der Waals surface area (Å²) in [5.74, 6) is -1.11. The van der Waals surface area contributed by atoms with E-state index in [-0.39, 0.29) is 16.9 Å². The highest BCUT2D eigenvalue weighted by Gasteiger charge is 2.31. The molecule has 3 heterocycles. The normalized spacial score (nSPS) is 15.6. The first-order valence-electron chi connectivity index (χ1n) is 8.47. The minimum absolute atomic E-state index is 0.158. The molecule has 140 valence electrons. The van der Waals surface area contributed by atoms with E-state index in [1.54, 1.807) is 0 Å². The van der Waals surface area contributed by atoms with Crippen molar-refractivity contribution >= 4 is 39.3 Å². The van der Waals surface area contributed by atoms with E-state index in [1.807, 2.05) is 44.2 Å². The lowest BCUT2D eigenvalue weighted by molar-refractivity contribution is -0.133. The number of carboxylic acid groups (broad SMARTS) is 1. The smallest absolute Gasteiger partial charge is 0.313 e. The van der Waals surface area contributed by atoms with Crippen molar-refractivity contribution in [3.05, 3.63) is 51.1 Å². The predicted molar refractivity (Wildman–Crippen MR) is 106 cm³/mol. The molecule has 0 saturated heterocycles. The first-order valence-corrected chi connectivity index (χ1v) is 10.3. The Balaban J connectivity index is 1.97. The van der Waals surface area contributed by atoms with E-state index in [4.69, 9.17) is 9.84 Å². The Labute approximate surface area is 163 Å². The summed E-state index contributed by atoms with van der Waals surface area (Å²) in [6.07, 6.45) is 0.648. The molecule has 0 spiro atoms. The van der Waals surface area contributed by atoms with Gasteiger partial charge in [0.05, 0.1) is 29.0 Å². The molecular weight excluding hydrogens is 384 g/mol. The van der Waals surface area contributed by atoms with E-state index in [9.17, 15) is 9.59 Å². The number of hydrogen-bond acceptors (Lipinski definition) is 6. The standard InChI is InChI=1S/C19H18N2O4S2/c1-19(2)8-12-13(9-25-19)27-16-15(12)17(24)21(11-6-4-3-5-7-11)18(20-16)26-10-14(22)23/h3-7H,8-10H2,1-2H3,(H,22,23). The predicted octanol–water partition coefficient (Wildman–Crippen LogP) is 3.48. The summed E-state index contributed by atoms with van der Waals surface area (Å²) in [5.41, 5.74) is 1.19. The molecule has 0 fully saturated rings. The van der Waals surface area contributed by atoms with Crippen LogP contribution in [-0.2, 0) is 22.6 Å². The van der Waals surface area contributed by atoms with E-state index < -0.39 is 5.97 Å². The van der Waals surface area contributed by atoms with Gasteiger partial charge in [0.2, 0.25) is 0 Å². The number of para-hydroxylation sites is 1. The highest BCUT2D eigenvalue weighted by molar-refractivity contribution is 7.99. The molecule has 1 aliphatic heterocycles. The fourth-order valence-corrected chi connectivity index (χ4v) is 5.08. The van der Waals surface area contributed by atoms with Gasteiger partial charge in [0, 0.05) is 11.3 Å². The first kappa shape index (κ1) is 18.2. The summed E-state index contributed by atoms with van der Waals surface area (Å²) in [6.45, 7) is 4.49. The third-order valence-corrected chi connectivity index (χ3v) is 6.44. The Bertz CT molecular complexity index is 1090. The van der Waals surface area contributed by atoms with Gasteiger partial charge in [-0.25, -0.2) is 4.98 Å². The number of thiophene rings is 1. The molecule has 3 aromatic rings. The molecule has 8 heteroatoms. The maximum Gasteiger partial charge on any atom is 0.313 e. The first-order chi connectivity index (χ1) is 12.9. The summed E-state index contributed by atoms with van der Waals surface area (Å²) in [6, 6.07) is 9.21. The number of aliphatic carboxylic acids is 1. The van der Waals surface area contributed by atoms with Gasteiger partial charge in [0.25, 0.3) is 5.56 Å². The largest absolute Gasteiger partial charge is 0.481 e. The van der Waals surface area contributed by atoms with Crippen molar-refractivity contribution in [2.24, 2.45) is 0 Å². The van der Waals surface area contributed by atoms with Gasteiger partial charge in [-0.3, -0.25) is 14.2 Å². The second kappa shape index (κ2) is 6.78. The van der Waals surface area contributed by atoms with Crippen LogP contribution in [0.4, 0.5) is 0 Å². The van der Waals surface area contributed by atoms with Crippen LogP contribution >= 0.6 is 23.1 Å². The van der Waals surface area contributed by atoms with Crippen LogP contribution in [0.2, 0.25) is 0 Å². The SMILES string of the molecule is CC1(C)Cc2c(sc3nc(SCC(=O)O)n(-c4ccccc4)c(=O)c23)CO1. The van der Waals surface area contributed by atoms with Gasteiger partial charge in [-0.15, -0.1) is 11.3 Å². The molecular formula is C19H18N2O4S2. The van der Waals surface area contributed by atoms with Gasteiger partial charge in [-0.1, -0.05) is 30.0 Å². The molecule has 27 heavy (non-hydrogen) atoms. The van der Waals surface area contributed by atoms with Gasteiger partial charge >= 0.3 is 5.97 Å². The third-order valence-electron chi connectivity index (χ3n) is 4.41. The van der Waals surface area contributed by atoms with E-state index in [1.165, 1.54) is 15.9 Å². The number of carbonyl (C=O) groups is 1. The van der Waals surface area contributed by atoms with Crippen molar-refractivity contribution < 1.29 is 14.6 Å². The zero-order valence-corrected chi connectivity index (χ0v) is 16.5.